The Morgan fingerprint density at radius 1 is 1.44 bits per heavy atom. The predicted molar refractivity (Wildman–Crippen MR) is 59.5 cm³/mol. The number of ether oxygens (including phenoxy) is 1. The summed E-state index contributed by atoms with van der Waals surface area (Å²) in [5.74, 6) is -0.297. The van der Waals surface area contributed by atoms with E-state index >= 15 is 0 Å². The minimum absolute atomic E-state index is 0.276. The van der Waals surface area contributed by atoms with Crippen LogP contribution in [0.5, 0.6) is 0 Å². The first-order valence-electron chi connectivity index (χ1n) is 5.37. The number of aryl methyl sites for hydroxylation is 1. The van der Waals surface area contributed by atoms with E-state index in [1.54, 1.807) is 0 Å². The van der Waals surface area contributed by atoms with E-state index in [0.717, 1.165) is 23.0 Å². The van der Waals surface area contributed by atoms with Crippen LogP contribution in [0.25, 0.3) is 0 Å². The van der Waals surface area contributed by atoms with E-state index in [0.29, 0.717) is 12.0 Å². The van der Waals surface area contributed by atoms with Gasteiger partial charge in [-0.05, 0) is 30.5 Å². The third-order valence-corrected chi connectivity index (χ3v) is 3.11. The van der Waals surface area contributed by atoms with Gasteiger partial charge in [0.25, 0.3) is 0 Å². The van der Waals surface area contributed by atoms with Crippen LogP contribution in [0.3, 0.4) is 0 Å². The summed E-state index contributed by atoms with van der Waals surface area (Å²) in [5, 5.41) is 0. The summed E-state index contributed by atoms with van der Waals surface area (Å²) < 4.78 is 5.22. The van der Waals surface area contributed by atoms with Crippen molar-refractivity contribution in [2.45, 2.75) is 32.8 Å². The lowest BCUT2D eigenvalue weighted by molar-refractivity contribution is -0.109. The molecule has 1 unspecified atom stereocenters. The van der Waals surface area contributed by atoms with E-state index in [2.05, 4.69) is 0 Å². The van der Waals surface area contributed by atoms with Crippen LogP contribution in [0, 0.1) is 13.8 Å². The van der Waals surface area contributed by atoms with Crippen molar-refractivity contribution in [1.82, 2.24) is 0 Å². The molecule has 0 N–H and O–H groups in total. The maximum Gasteiger partial charge on any atom is 0.338 e. The highest BCUT2D eigenvalue weighted by Crippen LogP contribution is 2.26. The Balaban J connectivity index is 2.42. The molecular formula is C13H14O3. The SMILES string of the molecule is Cc1ccc2c(c1C)C(=O)OC(CC=O)C2. The molecule has 3 nitrogen and oxygen atoms in total. The highest BCUT2D eigenvalue weighted by atomic mass is 16.5. The molecule has 1 aliphatic rings. The summed E-state index contributed by atoms with van der Waals surface area (Å²) in [6, 6.07) is 3.96. The topological polar surface area (TPSA) is 43.4 Å². The Bertz CT molecular complexity index is 449. The first-order valence-corrected chi connectivity index (χ1v) is 5.37. The van der Waals surface area contributed by atoms with Gasteiger partial charge in [0, 0.05) is 12.8 Å². The van der Waals surface area contributed by atoms with E-state index < -0.39 is 0 Å². The van der Waals surface area contributed by atoms with E-state index in [-0.39, 0.29) is 18.5 Å². The molecule has 16 heavy (non-hydrogen) atoms. The maximum absolute atomic E-state index is 11.8. The summed E-state index contributed by atoms with van der Waals surface area (Å²) in [7, 11) is 0. The molecule has 0 bridgehead atoms. The molecule has 1 aromatic carbocycles. The number of aldehydes is 1. The van der Waals surface area contributed by atoms with Gasteiger partial charge in [-0.2, -0.15) is 0 Å². The quantitative estimate of drug-likeness (QED) is 0.563. The number of benzene rings is 1. The van der Waals surface area contributed by atoms with Crippen LogP contribution in [0.4, 0.5) is 0 Å². The summed E-state index contributed by atoms with van der Waals surface area (Å²) in [6.07, 6.45) is 1.42. The van der Waals surface area contributed by atoms with Crippen LogP contribution in [-0.2, 0) is 16.0 Å². The first-order chi connectivity index (χ1) is 7.63. The fourth-order valence-electron chi connectivity index (χ4n) is 2.06. The van der Waals surface area contributed by atoms with Crippen molar-refractivity contribution < 1.29 is 14.3 Å². The molecular weight excluding hydrogens is 204 g/mol. The predicted octanol–water partition coefficient (Wildman–Crippen LogP) is 1.97. The summed E-state index contributed by atoms with van der Waals surface area (Å²) in [6.45, 7) is 3.90. The van der Waals surface area contributed by atoms with Crippen molar-refractivity contribution in [2.75, 3.05) is 0 Å². The van der Waals surface area contributed by atoms with Crippen LogP contribution in [-0.4, -0.2) is 18.4 Å². The van der Waals surface area contributed by atoms with Crippen LogP contribution < -0.4 is 0 Å². The highest BCUT2D eigenvalue weighted by Gasteiger charge is 2.27. The van der Waals surface area contributed by atoms with Gasteiger partial charge in [0.2, 0.25) is 0 Å². The minimum Gasteiger partial charge on any atom is -0.458 e. The normalized spacial score (nSPS) is 18.9. The maximum atomic E-state index is 11.8. The second-order valence-corrected chi connectivity index (χ2v) is 4.18. The summed E-state index contributed by atoms with van der Waals surface area (Å²) in [4.78, 5) is 22.2. The van der Waals surface area contributed by atoms with Gasteiger partial charge in [0.1, 0.15) is 12.4 Å². The van der Waals surface area contributed by atoms with Crippen molar-refractivity contribution >= 4 is 12.3 Å². The molecule has 1 atom stereocenters. The molecule has 0 radical (unpaired) electrons. The monoisotopic (exact) mass is 218 g/mol. The molecule has 1 aliphatic heterocycles. The smallest absolute Gasteiger partial charge is 0.338 e. The van der Waals surface area contributed by atoms with Gasteiger partial charge in [-0.25, -0.2) is 4.79 Å². The Kier molecular flexibility index (Phi) is 2.77. The van der Waals surface area contributed by atoms with Crippen molar-refractivity contribution in [3.63, 3.8) is 0 Å². The molecule has 0 aromatic heterocycles. The Hall–Kier alpha value is -1.64. The second-order valence-electron chi connectivity index (χ2n) is 4.18. The first kappa shape index (κ1) is 10.9. The number of carbonyl (C=O) groups is 2. The number of fused-ring (bicyclic) bond motifs is 1. The molecule has 1 heterocycles. The standard InChI is InChI=1S/C13H14O3/c1-8-3-4-10-7-11(5-6-14)16-13(15)12(10)9(8)2/h3-4,6,11H,5,7H2,1-2H3. The number of cyclic esters (lactones) is 1. The summed E-state index contributed by atoms with van der Waals surface area (Å²) in [5.41, 5.74) is 3.74. The molecule has 3 heteroatoms. The zero-order valence-electron chi connectivity index (χ0n) is 9.45. The fraction of sp³-hybridized carbons (Fsp3) is 0.385. The Morgan fingerprint density at radius 2 is 2.19 bits per heavy atom. The molecule has 2 rings (SSSR count). The van der Waals surface area contributed by atoms with Gasteiger partial charge in [-0.1, -0.05) is 12.1 Å². The van der Waals surface area contributed by atoms with Crippen molar-refractivity contribution in [3.8, 4) is 0 Å². The second kappa shape index (κ2) is 4.08. The molecule has 0 amide bonds. The average molecular weight is 218 g/mol. The lowest BCUT2D eigenvalue weighted by Crippen LogP contribution is -2.28. The number of hydrogen-bond donors (Lipinski definition) is 0. The molecule has 0 fully saturated rings. The zero-order chi connectivity index (χ0) is 11.7. The largest absolute Gasteiger partial charge is 0.458 e. The lowest BCUT2D eigenvalue weighted by atomic mass is 9.91. The molecule has 1 aromatic rings. The van der Waals surface area contributed by atoms with Crippen LogP contribution in [0.2, 0.25) is 0 Å². The van der Waals surface area contributed by atoms with Crippen molar-refractivity contribution in [2.24, 2.45) is 0 Å². The van der Waals surface area contributed by atoms with E-state index in [9.17, 15) is 9.59 Å². The number of carbonyl (C=O) groups excluding carboxylic acids is 2. The van der Waals surface area contributed by atoms with E-state index in [1.807, 2.05) is 26.0 Å². The molecule has 0 saturated carbocycles. The van der Waals surface area contributed by atoms with Gasteiger partial charge in [0.15, 0.2) is 0 Å². The fourth-order valence-corrected chi connectivity index (χ4v) is 2.06. The lowest BCUT2D eigenvalue weighted by Gasteiger charge is -2.25. The van der Waals surface area contributed by atoms with Gasteiger partial charge in [-0.15, -0.1) is 0 Å². The van der Waals surface area contributed by atoms with E-state index in [4.69, 9.17) is 4.74 Å². The Morgan fingerprint density at radius 3 is 2.88 bits per heavy atom. The van der Waals surface area contributed by atoms with Gasteiger partial charge < -0.3 is 9.53 Å². The Labute approximate surface area is 94.4 Å². The molecule has 0 spiro atoms. The van der Waals surface area contributed by atoms with Gasteiger partial charge >= 0.3 is 5.97 Å². The number of esters is 1. The third kappa shape index (κ3) is 1.73. The third-order valence-electron chi connectivity index (χ3n) is 3.11. The zero-order valence-corrected chi connectivity index (χ0v) is 9.45. The average Bonchev–Trinajstić information content (AvgIpc) is 2.23. The molecule has 84 valence electrons. The van der Waals surface area contributed by atoms with E-state index in [1.165, 1.54) is 0 Å². The van der Waals surface area contributed by atoms with Gasteiger partial charge in [-0.3, -0.25) is 0 Å². The van der Waals surface area contributed by atoms with Gasteiger partial charge in [0.05, 0.1) is 5.56 Å². The summed E-state index contributed by atoms with van der Waals surface area (Å²) >= 11 is 0. The highest BCUT2D eigenvalue weighted by molar-refractivity contribution is 5.94. The molecule has 0 aliphatic carbocycles. The molecule has 0 saturated heterocycles. The number of rotatable bonds is 2. The minimum atomic E-state index is -0.297. The van der Waals surface area contributed by atoms with Crippen LogP contribution in [0.1, 0.15) is 33.5 Å². The number of hydrogen-bond acceptors (Lipinski definition) is 3. The van der Waals surface area contributed by atoms with Crippen LogP contribution >= 0.6 is 0 Å². The van der Waals surface area contributed by atoms with Crippen LogP contribution in [0.15, 0.2) is 12.1 Å². The van der Waals surface area contributed by atoms with Crippen molar-refractivity contribution in [3.05, 3.63) is 34.4 Å². The van der Waals surface area contributed by atoms with Crippen molar-refractivity contribution in [1.29, 1.82) is 0 Å².